The Bertz CT molecular complexity index is 852. The van der Waals surface area contributed by atoms with Crippen molar-refractivity contribution in [3.05, 3.63) is 58.3 Å². The molecular weight excluding hydrogens is 375 g/mol. The Morgan fingerprint density at radius 1 is 1.14 bits per heavy atom. The summed E-state index contributed by atoms with van der Waals surface area (Å²) in [5.74, 6) is -2.53. The van der Waals surface area contributed by atoms with E-state index in [1.165, 1.54) is 31.4 Å². The highest BCUT2D eigenvalue weighted by Gasteiger charge is 2.41. The lowest BCUT2D eigenvalue weighted by Gasteiger charge is -2.39. The van der Waals surface area contributed by atoms with E-state index in [1.54, 1.807) is 0 Å². The molecule has 6 nitrogen and oxygen atoms in total. The van der Waals surface area contributed by atoms with E-state index >= 15 is 0 Å². The summed E-state index contributed by atoms with van der Waals surface area (Å²) in [7, 11) is 1.28. The first-order chi connectivity index (χ1) is 13.8. The van der Waals surface area contributed by atoms with Crippen LogP contribution in [0.4, 0.5) is 4.39 Å². The molecule has 1 unspecified atom stereocenters. The second-order valence-corrected chi connectivity index (χ2v) is 7.70. The summed E-state index contributed by atoms with van der Waals surface area (Å²) in [5, 5.41) is 13.4. The molecule has 1 fully saturated rings. The number of benzene rings is 1. The molecule has 0 amide bonds. The lowest BCUT2D eigenvalue weighted by atomic mass is 9.79. The van der Waals surface area contributed by atoms with E-state index in [9.17, 15) is 19.1 Å². The van der Waals surface area contributed by atoms with Crippen molar-refractivity contribution in [2.75, 3.05) is 20.2 Å². The van der Waals surface area contributed by atoms with E-state index < -0.39 is 23.7 Å². The lowest BCUT2D eigenvalue weighted by molar-refractivity contribution is -0.136. The number of rotatable bonds is 5. The van der Waals surface area contributed by atoms with Gasteiger partial charge in [-0.3, -0.25) is 0 Å². The van der Waals surface area contributed by atoms with E-state index in [0.29, 0.717) is 17.1 Å². The third-order valence-corrected chi connectivity index (χ3v) is 5.46. The number of carbonyl (C=O) groups excluding carboxylic acids is 1. The Morgan fingerprint density at radius 3 is 2.28 bits per heavy atom. The summed E-state index contributed by atoms with van der Waals surface area (Å²) in [5.41, 5.74) is 1.52. The molecule has 2 aliphatic heterocycles. The quantitative estimate of drug-likeness (QED) is 0.735. The van der Waals surface area contributed by atoms with Crippen molar-refractivity contribution in [2.45, 2.75) is 39.0 Å². The summed E-state index contributed by atoms with van der Waals surface area (Å²) < 4.78 is 18.6. The molecule has 0 radical (unpaired) electrons. The number of aliphatic carboxylic acids is 1. The zero-order valence-electron chi connectivity index (χ0n) is 17.0. The minimum atomic E-state index is -1.11. The number of carboxylic acid groups (broad SMARTS) is 1. The van der Waals surface area contributed by atoms with Gasteiger partial charge >= 0.3 is 11.9 Å². The molecule has 0 saturated carbocycles. The molecule has 0 aromatic heterocycles. The maximum Gasteiger partial charge on any atom is 0.336 e. The van der Waals surface area contributed by atoms with Crippen LogP contribution in [0.25, 0.3) is 0 Å². The molecule has 1 aromatic carbocycles. The van der Waals surface area contributed by atoms with E-state index in [2.05, 4.69) is 5.32 Å². The fraction of sp³-hybridized carbons (Fsp3) is 0.455. The van der Waals surface area contributed by atoms with Crippen molar-refractivity contribution < 1.29 is 23.8 Å². The van der Waals surface area contributed by atoms with Gasteiger partial charge in [0, 0.05) is 18.8 Å². The van der Waals surface area contributed by atoms with Crippen LogP contribution in [-0.2, 0) is 14.3 Å². The predicted octanol–water partition coefficient (Wildman–Crippen LogP) is 3.38. The third kappa shape index (κ3) is 4.13. The van der Waals surface area contributed by atoms with Gasteiger partial charge in [-0.25, -0.2) is 14.0 Å². The van der Waals surface area contributed by atoms with Crippen molar-refractivity contribution in [2.24, 2.45) is 5.92 Å². The number of allylic oxidation sites excluding steroid dienone is 1. The molecular formula is C22H27FN2O4. The molecule has 0 bridgehead atoms. The first-order valence-corrected chi connectivity index (χ1v) is 9.92. The summed E-state index contributed by atoms with van der Waals surface area (Å²) >= 11 is 0. The fourth-order valence-corrected chi connectivity index (χ4v) is 4.07. The number of dihydropyridines is 1. The number of carbonyl (C=O) groups is 2. The average Bonchev–Trinajstić information content (AvgIpc) is 2.72. The molecule has 29 heavy (non-hydrogen) atoms. The van der Waals surface area contributed by atoms with Gasteiger partial charge in [0.15, 0.2) is 0 Å². The molecule has 1 atom stereocenters. The number of esters is 1. The average molecular weight is 402 g/mol. The highest BCUT2D eigenvalue weighted by Crippen LogP contribution is 2.41. The summed E-state index contributed by atoms with van der Waals surface area (Å²) in [6.45, 7) is 5.36. The zero-order valence-corrected chi connectivity index (χ0v) is 17.0. The van der Waals surface area contributed by atoms with E-state index in [-0.39, 0.29) is 17.1 Å². The maximum absolute atomic E-state index is 13.6. The second-order valence-electron chi connectivity index (χ2n) is 7.70. The highest BCUT2D eigenvalue weighted by atomic mass is 19.1. The van der Waals surface area contributed by atoms with Crippen LogP contribution in [0.15, 0.2) is 46.9 Å². The van der Waals surface area contributed by atoms with Gasteiger partial charge in [0.05, 0.1) is 24.2 Å². The molecule has 1 saturated heterocycles. The second kappa shape index (κ2) is 8.68. The molecule has 156 valence electrons. The molecule has 2 heterocycles. The summed E-state index contributed by atoms with van der Waals surface area (Å²) in [4.78, 5) is 27.2. The fourth-order valence-electron chi connectivity index (χ4n) is 4.07. The Balaban J connectivity index is 2.25. The van der Waals surface area contributed by atoms with E-state index in [4.69, 9.17) is 4.74 Å². The van der Waals surface area contributed by atoms with E-state index in [0.717, 1.165) is 32.4 Å². The third-order valence-electron chi connectivity index (χ3n) is 5.46. The largest absolute Gasteiger partial charge is 0.478 e. The molecule has 2 aliphatic rings. The van der Waals surface area contributed by atoms with Crippen LogP contribution in [0.1, 0.15) is 44.6 Å². The summed E-state index contributed by atoms with van der Waals surface area (Å²) in [6.07, 6.45) is 3.06. The molecule has 3 rings (SSSR count). The van der Waals surface area contributed by atoms with E-state index in [1.807, 2.05) is 18.7 Å². The minimum Gasteiger partial charge on any atom is -0.478 e. The van der Waals surface area contributed by atoms with Gasteiger partial charge in [-0.2, -0.15) is 0 Å². The Labute approximate surface area is 170 Å². The number of carboxylic acids is 1. The van der Waals surface area contributed by atoms with Crippen molar-refractivity contribution in [3.8, 4) is 0 Å². The maximum atomic E-state index is 13.6. The van der Waals surface area contributed by atoms with Crippen LogP contribution in [0.5, 0.6) is 0 Å². The molecule has 1 aromatic rings. The standard InChI is InChI=1S/C22H27FN2O4/c1-13(2)19-17(22(28)29-3)16(14-7-9-15(23)10-8-14)18(21(26)27)20(24-19)25-11-5-4-6-12-25/h7-10,13,16,24H,4-6,11-12H2,1-3H3,(H,26,27). The SMILES string of the molecule is COC(=O)C1=C(C(C)C)NC(N2CCCCC2)=C(C(=O)O)C1c1ccc(F)cc1. The van der Waals surface area contributed by atoms with Crippen molar-refractivity contribution in [3.63, 3.8) is 0 Å². The van der Waals surface area contributed by atoms with Gasteiger partial charge in [0.25, 0.3) is 0 Å². The molecule has 2 N–H and O–H groups in total. The topological polar surface area (TPSA) is 78.9 Å². The lowest BCUT2D eigenvalue weighted by Crippen LogP contribution is -2.43. The summed E-state index contributed by atoms with van der Waals surface area (Å²) in [6, 6.07) is 5.62. The van der Waals surface area contributed by atoms with Crippen LogP contribution in [0.3, 0.4) is 0 Å². The number of hydrogen-bond acceptors (Lipinski definition) is 5. The van der Waals surface area contributed by atoms with Gasteiger partial charge in [-0.05, 0) is 42.9 Å². The van der Waals surface area contributed by atoms with Crippen LogP contribution < -0.4 is 5.32 Å². The van der Waals surface area contributed by atoms with Crippen LogP contribution >= 0.6 is 0 Å². The predicted molar refractivity (Wildman–Crippen MR) is 106 cm³/mol. The first kappa shape index (κ1) is 20.9. The Hall–Kier alpha value is -2.83. The Kier molecular flexibility index (Phi) is 6.25. The van der Waals surface area contributed by atoms with Crippen molar-refractivity contribution >= 4 is 11.9 Å². The monoisotopic (exact) mass is 402 g/mol. The number of ether oxygens (including phenoxy) is 1. The van der Waals surface area contributed by atoms with Crippen LogP contribution in [0.2, 0.25) is 0 Å². The van der Waals surface area contributed by atoms with Crippen molar-refractivity contribution in [1.82, 2.24) is 10.2 Å². The highest BCUT2D eigenvalue weighted by molar-refractivity contribution is 5.99. The minimum absolute atomic E-state index is 0.0674. The molecule has 7 heteroatoms. The van der Waals surface area contributed by atoms with Gasteiger partial charge in [0.2, 0.25) is 0 Å². The number of hydrogen-bond donors (Lipinski definition) is 2. The van der Waals surface area contributed by atoms with Crippen LogP contribution in [0, 0.1) is 11.7 Å². The number of methoxy groups -OCH3 is 1. The molecule has 0 spiro atoms. The first-order valence-electron chi connectivity index (χ1n) is 9.92. The van der Waals surface area contributed by atoms with Gasteiger partial charge < -0.3 is 20.1 Å². The van der Waals surface area contributed by atoms with Gasteiger partial charge in [-0.15, -0.1) is 0 Å². The van der Waals surface area contributed by atoms with Crippen molar-refractivity contribution in [1.29, 1.82) is 0 Å². The number of halogens is 1. The smallest absolute Gasteiger partial charge is 0.336 e. The number of likely N-dealkylation sites (tertiary alicyclic amines) is 1. The number of nitrogens with one attached hydrogen (secondary N) is 1. The normalized spacial score (nSPS) is 20.0. The Morgan fingerprint density at radius 2 is 1.76 bits per heavy atom. The zero-order chi connectivity index (χ0) is 21.1. The number of nitrogens with zero attached hydrogens (tertiary/aromatic N) is 1. The molecule has 0 aliphatic carbocycles. The van der Waals surface area contributed by atoms with Crippen LogP contribution in [-0.4, -0.2) is 42.1 Å². The number of piperidine rings is 1. The van der Waals surface area contributed by atoms with Gasteiger partial charge in [-0.1, -0.05) is 26.0 Å². The van der Waals surface area contributed by atoms with Gasteiger partial charge in [0.1, 0.15) is 11.6 Å².